The highest BCUT2D eigenvalue weighted by molar-refractivity contribution is 7.38. The fourth-order valence-electron chi connectivity index (χ4n) is 1.98. The summed E-state index contributed by atoms with van der Waals surface area (Å²) in [6.45, 7) is 1.72. The van der Waals surface area contributed by atoms with Crippen LogP contribution < -0.4 is 5.32 Å². The molecule has 0 amide bonds. The first-order valence-corrected chi connectivity index (χ1v) is 7.48. The molecule has 0 spiro atoms. The monoisotopic (exact) mass is 274 g/mol. The van der Waals surface area contributed by atoms with Gasteiger partial charge < -0.3 is 0 Å². The lowest BCUT2D eigenvalue weighted by atomic mass is 9.99. The average Bonchev–Trinajstić information content (AvgIpc) is 2.46. The molecule has 2 aromatic carbocycles. The summed E-state index contributed by atoms with van der Waals surface area (Å²) in [5.74, 6) is -0.458. The van der Waals surface area contributed by atoms with Gasteiger partial charge in [-0.15, -0.1) is 0 Å². The normalized spacial score (nSPS) is 13.3. The zero-order valence-corrected chi connectivity index (χ0v) is 11.6. The van der Waals surface area contributed by atoms with Crippen molar-refractivity contribution in [1.29, 1.82) is 0 Å². The Morgan fingerprint density at radius 3 is 1.74 bits per heavy atom. The van der Waals surface area contributed by atoms with Crippen molar-refractivity contribution in [3.05, 3.63) is 71.8 Å². The van der Waals surface area contributed by atoms with Crippen molar-refractivity contribution in [2.24, 2.45) is 0 Å². The van der Waals surface area contributed by atoms with E-state index in [1.54, 1.807) is 6.92 Å². The molecule has 0 aliphatic carbocycles. The second kappa shape index (κ2) is 6.58. The molecule has 2 rings (SSSR count). The van der Waals surface area contributed by atoms with Crippen LogP contribution in [0.1, 0.15) is 24.1 Å². The Balaban J connectivity index is 2.32. The summed E-state index contributed by atoms with van der Waals surface area (Å²) in [4.78, 5) is 9.21. The minimum absolute atomic E-state index is 0.0801. The van der Waals surface area contributed by atoms with Crippen LogP contribution in [-0.4, -0.2) is 10.7 Å². The van der Waals surface area contributed by atoms with E-state index >= 15 is 0 Å². The van der Waals surface area contributed by atoms with Crippen molar-refractivity contribution < 1.29 is 9.46 Å². The number of hydrogen-bond donors (Lipinski definition) is 2. The van der Waals surface area contributed by atoms with Crippen LogP contribution in [0.25, 0.3) is 0 Å². The lowest BCUT2D eigenvalue weighted by Crippen LogP contribution is -2.28. The van der Waals surface area contributed by atoms with Gasteiger partial charge in [-0.25, -0.2) is 0 Å². The maximum atomic E-state index is 11.2. The fraction of sp³-hybridized carbons (Fsp3) is 0.200. The molecule has 0 radical (unpaired) electrons. The van der Waals surface area contributed by atoms with Crippen LogP contribution in [0.15, 0.2) is 60.7 Å². The molecule has 2 N–H and O–H groups in total. The molecule has 2 unspecified atom stereocenters. The van der Waals surface area contributed by atoms with Gasteiger partial charge in [-0.2, -0.15) is 4.89 Å². The van der Waals surface area contributed by atoms with Crippen LogP contribution >= 0.6 is 8.03 Å². The van der Waals surface area contributed by atoms with Gasteiger partial charge in [0, 0.05) is 0 Å². The third-order valence-corrected chi connectivity index (χ3v) is 3.82. The number of hydrogen-bond acceptors (Lipinski definition) is 2. The van der Waals surface area contributed by atoms with E-state index in [1.807, 2.05) is 60.7 Å². The van der Waals surface area contributed by atoms with E-state index in [0.29, 0.717) is 0 Å². The SMILES string of the molecule is CC(NC(c1ccccc1)c1ccccc1)[P+](=O)O. The van der Waals surface area contributed by atoms with Crippen LogP contribution in [0, 0.1) is 0 Å². The van der Waals surface area contributed by atoms with E-state index in [1.165, 1.54) is 0 Å². The van der Waals surface area contributed by atoms with Crippen molar-refractivity contribution in [1.82, 2.24) is 5.32 Å². The van der Waals surface area contributed by atoms with Gasteiger partial charge in [0.25, 0.3) is 0 Å². The van der Waals surface area contributed by atoms with E-state index in [0.717, 1.165) is 11.1 Å². The number of rotatable bonds is 5. The summed E-state index contributed by atoms with van der Waals surface area (Å²) >= 11 is 0. The Kier molecular flexibility index (Phi) is 4.80. The van der Waals surface area contributed by atoms with E-state index in [9.17, 15) is 9.46 Å². The van der Waals surface area contributed by atoms with Crippen LogP contribution in [0.5, 0.6) is 0 Å². The summed E-state index contributed by atoms with van der Waals surface area (Å²) in [6.07, 6.45) is 0. The molecule has 0 aromatic heterocycles. The quantitative estimate of drug-likeness (QED) is 0.821. The third-order valence-electron chi connectivity index (χ3n) is 3.00. The molecule has 0 aliphatic heterocycles. The van der Waals surface area contributed by atoms with Crippen LogP contribution in [-0.2, 0) is 4.57 Å². The molecule has 0 saturated heterocycles. The molecule has 19 heavy (non-hydrogen) atoms. The predicted molar refractivity (Wildman–Crippen MR) is 77.2 cm³/mol. The van der Waals surface area contributed by atoms with E-state index in [2.05, 4.69) is 5.32 Å². The summed E-state index contributed by atoms with van der Waals surface area (Å²) in [6, 6.07) is 19.8. The van der Waals surface area contributed by atoms with Gasteiger partial charge in [0.15, 0.2) is 0 Å². The second-order valence-corrected chi connectivity index (χ2v) is 5.78. The zero-order valence-electron chi connectivity index (χ0n) is 10.7. The maximum absolute atomic E-state index is 11.2. The largest absolute Gasteiger partial charge is 0.524 e. The first-order valence-electron chi connectivity index (χ1n) is 6.19. The van der Waals surface area contributed by atoms with E-state index in [-0.39, 0.29) is 6.04 Å². The Labute approximate surface area is 114 Å². The molecule has 3 nitrogen and oxygen atoms in total. The molecule has 98 valence electrons. The van der Waals surface area contributed by atoms with Gasteiger partial charge in [0.1, 0.15) is 0 Å². The van der Waals surface area contributed by atoms with Crippen molar-refractivity contribution in [3.63, 3.8) is 0 Å². The van der Waals surface area contributed by atoms with Gasteiger partial charge in [-0.3, -0.25) is 5.32 Å². The Morgan fingerprint density at radius 1 is 0.947 bits per heavy atom. The van der Waals surface area contributed by atoms with Crippen molar-refractivity contribution in [2.45, 2.75) is 18.7 Å². The summed E-state index contributed by atoms with van der Waals surface area (Å²) in [5, 5.41) is 3.22. The highest BCUT2D eigenvalue weighted by atomic mass is 31.1. The average molecular weight is 274 g/mol. The standard InChI is InChI=1S/C15H16NO2P/c1-12(19(17)18)16-15(13-8-4-2-5-9-13)14-10-6-3-7-11-14/h2-12,15-16H,1H3/p+1. The minimum Gasteiger partial charge on any atom is -0.260 e. The van der Waals surface area contributed by atoms with Crippen molar-refractivity contribution in [2.75, 3.05) is 0 Å². The molecule has 0 aliphatic rings. The Bertz CT molecular complexity index is 491. The van der Waals surface area contributed by atoms with Gasteiger partial charge in [0.05, 0.1) is 6.04 Å². The molecular formula is C15H17NO2P+. The third kappa shape index (κ3) is 3.71. The summed E-state index contributed by atoms with van der Waals surface area (Å²) < 4.78 is 11.2. The first kappa shape index (κ1) is 13.9. The first-order chi connectivity index (χ1) is 9.18. The minimum atomic E-state index is -2.24. The summed E-state index contributed by atoms with van der Waals surface area (Å²) in [5.41, 5.74) is 2.16. The smallest absolute Gasteiger partial charge is 0.260 e. The van der Waals surface area contributed by atoms with Crippen LogP contribution in [0.4, 0.5) is 0 Å². The predicted octanol–water partition coefficient (Wildman–Crippen LogP) is 3.45. The molecule has 2 aromatic rings. The molecule has 0 saturated carbocycles. The fourth-order valence-corrected chi connectivity index (χ4v) is 2.26. The Hall–Kier alpha value is -1.54. The summed E-state index contributed by atoms with van der Waals surface area (Å²) in [7, 11) is -2.24. The number of nitrogens with one attached hydrogen (secondary N) is 1. The van der Waals surface area contributed by atoms with Crippen molar-refractivity contribution in [3.8, 4) is 0 Å². The van der Waals surface area contributed by atoms with Gasteiger partial charge >= 0.3 is 8.03 Å². The molecule has 0 fully saturated rings. The molecular weight excluding hydrogens is 257 g/mol. The van der Waals surface area contributed by atoms with Crippen LogP contribution in [0.3, 0.4) is 0 Å². The molecule has 0 bridgehead atoms. The van der Waals surface area contributed by atoms with Gasteiger partial charge in [-0.1, -0.05) is 60.7 Å². The van der Waals surface area contributed by atoms with Gasteiger partial charge in [0.2, 0.25) is 5.78 Å². The van der Waals surface area contributed by atoms with E-state index in [4.69, 9.17) is 0 Å². The highest BCUT2D eigenvalue weighted by Crippen LogP contribution is 2.27. The van der Waals surface area contributed by atoms with E-state index < -0.39 is 13.8 Å². The Morgan fingerprint density at radius 2 is 1.37 bits per heavy atom. The second-order valence-electron chi connectivity index (χ2n) is 4.40. The lowest BCUT2D eigenvalue weighted by Gasteiger charge is -2.19. The lowest BCUT2D eigenvalue weighted by molar-refractivity contribution is 0.467. The molecule has 2 atom stereocenters. The van der Waals surface area contributed by atoms with Crippen molar-refractivity contribution >= 4 is 8.03 Å². The zero-order chi connectivity index (χ0) is 13.7. The number of benzene rings is 2. The maximum Gasteiger partial charge on any atom is 0.524 e. The van der Waals surface area contributed by atoms with Gasteiger partial charge in [-0.05, 0) is 22.6 Å². The molecule has 4 heteroatoms. The van der Waals surface area contributed by atoms with Crippen LogP contribution in [0.2, 0.25) is 0 Å². The topological polar surface area (TPSA) is 49.3 Å². The molecule has 0 heterocycles. The highest BCUT2D eigenvalue weighted by Gasteiger charge is 2.27.